The lowest BCUT2D eigenvalue weighted by molar-refractivity contribution is 0.0735. The first-order chi connectivity index (χ1) is 15.7. The van der Waals surface area contributed by atoms with Crippen LogP contribution in [0.5, 0.6) is 5.75 Å². The maximum absolute atomic E-state index is 12.4. The molecule has 0 amide bonds. The van der Waals surface area contributed by atoms with Gasteiger partial charge in [0.15, 0.2) is 0 Å². The molecule has 0 aliphatic heterocycles. The van der Waals surface area contributed by atoms with Crippen LogP contribution in [-0.4, -0.2) is 21.4 Å². The topological polar surface area (TPSA) is 55.6 Å². The Morgan fingerprint density at radius 1 is 0.969 bits per heavy atom. The number of halogens is 1. The third kappa shape index (κ3) is 4.41. The van der Waals surface area contributed by atoms with E-state index in [-0.39, 0.29) is 5.97 Å². The number of imidazole rings is 1. The van der Waals surface area contributed by atoms with Gasteiger partial charge >= 0.3 is 5.97 Å². The van der Waals surface area contributed by atoms with Gasteiger partial charge in [0.05, 0.1) is 5.56 Å². The maximum atomic E-state index is 12.4. The lowest BCUT2D eigenvalue weighted by Crippen LogP contribution is -2.23. The van der Waals surface area contributed by atoms with E-state index in [9.17, 15) is 4.79 Å². The summed E-state index contributed by atoms with van der Waals surface area (Å²) in [4.78, 5) is 17.3. The number of ether oxygens (including phenoxy) is 1. The molecule has 2 heterocycles. The second kappa shape index (κ2) is 9.17. The van der Waals surface area contributed by atoms with Crippen molar-refractivity contribution in [3.8, 4) is 17.0 Å². The number of fused-ring (bicyclic) bond motifs is 1. The highest BCUT2D eigenvalue weighted by Gasteiger charge is 2.19. The van der Waals surface area contributed by atoms with Crippen molar-refractivity contribution >= 4 is 33.4 Å². The van der Waals surface area contributed by atoms with Crippen molar-refractivity contribution in [2.45, 2.75) is 38.1 Å². The number of carbonyl (C=O) groups excluding carboxylic acids is 1. The molecular weight excluding hydrogens is 466 g/mol. The Kier molecular flexibility index (Phi) is 5.95. The average molecular weight is 490 g/mol. The Morgan fingerprint density at radius 2 is 1.72 bits per heavy atom. The fraction of sp³-hybridized carbons (Fsp3) is 0.231. The van der Waals surface area contributed by atoms with Crippen molar-refractivity contribution in [1.29, 1.82) is 0 Å². The fourth-order valence-corrected chi connectivity index (χ4v) is 4.47. The van der Waals surface area contributed by atoms with Gasteiger partial charge in [0.25, 0.3) is 0 Å². The fourth-order valence-electron chi connectivity index (χ4n) is 4.21. The normalized spacial score (nSPS) is 14.4. The first-order valence-electron chi connectivity index (χ1n) is 11.0. The van der Waals surface area contributed by atoms with Gasteiger partial charge in [-0.1, -0.05) is 41.3 Å². The van der Waals surface area contributed by atoms with Crippen molar-refractivity contribution in [1.82, 2.24) is 9.38 Å². The molecular formula is C26H24BrN3O2. The molecule has 0 spiro atoms. The number of hydrogen-bond acceptors (Lipinski definition) is 4. The average Bonchev–Trinajstić information content (AvgIpc) is 3.19. The molecule has 1 N–H and O–H groups in total. The number of rotatable bonds is 5. The largest absolute Gasteiger partial charge is 0.423 e. The second-order valence-electron chi connectivity index (χ2n) is 8.14. The smallest absolute Gasteiger partial charge is 0.343 e. The zero-order chi connectivity index (χ0) is 21.9. The summed E-state index contributed by atoms with van der Waals surface area (Å²) in [5.74, 6) is 1.15. The monoisotopic (exact) mass is 489 g/mol. The maximum Gasteiger partial charge on any atom is 0.343 e. The van der Waals surface area contributed by atoms with E-state index >= 15 is 0 Å². The predicted octanol–water partition coefficient (Wildman–Crippen LogP) is 6.73. The number of aromatic nitrogens is 2. The Hall–Kier alpha value is -3.12. The van der Waals surface area contributed by atoms with Crippen LogP contribution in [0.15, 0.2) is 77.4 Å². The highest BCUT2D eigenvalue weighted by molar-refractivity contribution is 9.10. The van der Waals surface area contributed by atoms with E-state index in [2.05, 4.69) is 25.6 Å². The summed E-state index contributed by atoms with van der Waals surface area (Å²) >= 11 is 3.38. The minimum atomic E-state index is -0.377. The van der Waals surface area contributed by atoms with Crippen LogP contribution in [0.2, 0.25) is 0 Å². The first-order valence-corrected chi connectivity index (χ1v) is 11.8. The van der Waals surface area contributed by atoms with Gasteiger partial charge < -0.3 is 10.1 Å². The van der Waals surface area contributed by atoms with Gasteiger partial charge in [0.1, 0.15) is 22.9 Å². The molecule has 0 bridgehead atoms. The molecule has 1 fully saturated rings. The molecule has 2 aromatic heterocycles. The van der Waals surface area contributed by atoms with Crippen LogP contribution in [0, 0.1) is 0 Å². The summed E-state index contributed by atoms with van der Waals surface area (Å²) in [7, 11) is 0. The van der Waals surface area contributed by atoms with Crippen LogP contribution in [-0.2, 0) is 0 Å². The van der Waals surface area contributed by atoms with Gasteiger partial charge in [-0.25, -0.2) is 9.78 Å². The number of nitrogens with one attached hydrogen (secondary N) is 1. The molecule has 32 heavy (non-hydrogen) atoms. The van der Waals surface area contributed by atoms with E-state index in [1.54, 1.807) is 12.1 Å². The predicted molar refractivity (Wildman–Crippen MR) is 130 cm³/mol. The Balaban J connectivity index is 1.40. The minimum absolute atomic E-state index is 0.377. The quantitative estimate of drug-likeness (QED) is 0.249. The number of carbonyl (C=O) groups is 1. The number of pyridine rings is 1. The highest BCUT2D eigenvalue weighted by atomic mass is 79.9. The molecule has 1 saturated carbocycles. The van der Waals surface area contributed by atoms with E-state index in [4.69, 9.17) is 9.72 Å². The van der Waals surface area contributed by atoms with Crippen molar-refractivity contribution in [2.75, 3.05) is 5.32 Å². The molecule has 5 rings (SSSR count). The summed E-state index contributed by atoms with van der Waals surface area (Å²) in [5.41, 5.74) is 3.31. The first kappa shape index (κ1) is 20.8. The molecule has 4 aromatic rings. The Labute approximate surface area is 195 Å². The molecule has 5 nitrogen and oxygen atoms in total. The minimum Gasteiger partial charge on any atom is -0.423 e. The molecule has 0 atom stereocenters. The summed E-state index contributed by atoms with van der Waals surface area (Å²) in [6, 6.07) is 21.2. The van der Waals surface area contributed by atoms with Gasteiger partial charge in [0.2, 0.25) is 0 Å². The third-order valence-electron chi connectivity index (χ3n) is 5.89. The number of anilines is 1. The van der Waals surface area contributed by atoms with E-state index in [1.807, 2.05) is 60.8 Å². The Morgan fingerprint density at radius 3 is 2.47 bits per heavy atom. The second-order valence-corrected chi connectivity index (χ2v) is 9.05. The number of hydrogen-bond donors (Lipinski definition) is 1. The highest BCUT2D eigenvalue weighted by Crippen LogP contribution is 2.32. The van der Waals surface area contributed by atoms with E-state index in [1.165, 1.54) is 32.1 Å². The summed E-state index contributed by atoms with van der Waals surface area (Å²) in [6.45, 7) is 0. The van der Waals surface area contributed by atoms with Gasteiger partial charge in [0, 0.05) is 22.3 Å². The van der Waals surface area contributed by atoms with Crippen LogP contribution >= 0.6 is 15.9 Å². The lowest BCUT2D eigenvalue weighted by atomic mass is 9.95. The van der Waals surface area contributed by atoms with Crippen LogP contribution in [0.25, 0.3) is 16.9 Å². The molecule has 0 saturated heterocycles. The van der Waals surface area contributed by atoms with E-state index < -0.39 is 0 Å². The molecule has 1 aliphatic carbocycles. The van der Waals surface area contributed by atoms with Gasteiger partial charge in [-0.15, -0.1) is 0 Å². The van der Waals surface area contributed by atoms with E-state index in [0.29, 0.717) is 17.4 Å². The van der Waals surface area contributed by atoms with Crippen molar-refractivity contribution in [3.05, 3.63) is 83.0 Å². The van der Waals surface area contributed by atoms with Crippen molar-refractivity contribution in [3.63, 3.8) is 0 Å². The standard InChI is InChI=1S/C26H24BrN3O2/c27-20-13-9-19(10-14-20)26(31)32-22-15-11-18(12-16-22)24-25(28-21-6-2-1-3-7-21)30-17-5-4-8-23(30)29-24/h4-5,8-17,21,28H,1-3,6-7H2. The molecule has 1 aliphatic rings. The zero-order valence-electron chi connectivity index (χ0n) is 17.6. The SMILES string of the molecule is O=C(Oc1ccc(-c2nc3ccccn3c2NC2CCCCC2)cc1)c1ccc(Br)cc1. The Bertz CT molecular complexity index is 1230. The van der Waals surface area contributed by atoms with Crippen LogP contribution in [0.1, 0.15) is 42.5 Å². The number of esters is 1. The third-order valence-corrected chi connectivity index (χ3v) is 6.42. The summed E-state index contributed by atoms with van der Waals surface area (Å²) < 4.78 is 8.58. The zero-order valence-corrected chi connectivity index (χ0v) is 19.2. The summed E-state index contributed by atoms with van der Waals surface area (Å²) in [6.07, 6.45) is 8.27. The van der Waals surface area contributed by atoms with E-state index in [0.717, 1.165) is 27.2 Å². The van der Waals surface area contributed by atoms with Crippen LogP contribution in [0.4, 0.5) is 5.82 Å². The van der Waals surface area contributed by atoms with Crippen molar-refractivity contribution < 1.29 is 9.53 Å². The van der Waals surface area contributed by atoms with Crippen LogP contribution < -0.4 is 10.1 Å². The molecule has 2 aromatic carbocycles. The van der Waals surface area contributed by atoms with Gasteiger partial charge in [-0.2, -0.15) is 0 Å². The number of nitrogens with zero attached hydrogens (tertiary/aromatic N) is 2. The lowest BCUT2D eigenvalue weighted by Gasteiger charge is -2.24. The molecule has 0 radical (unpaired) electrons. The van der Waals surface area contributed by atoms with Gasteiger partial charge in [-0.05, 0) is 73.5 Å². The van der Waals surface area contributed by atoms with Crippen LogP contribution in [0.3, 0.4) is 0 Å². The van der Waals surface area contributed by atoms with Gasteiger partial charge in [-0.3, -0.25) is 4.40 Å². The molecule has 6 heteroatoms. The summed E-state index contributed by atoms with van der Waals surface area (Å²) in [5, 5.41) is 3.76. The molecule has 162 valence electrons. The number of benzene rings is 2. The van der Waals surface area contributed by atoms with Crippen molar-refractivity contribution in [2.24, 2.45) is 0 Å². The molecule has 0 unspecified atom stereocenters.